The van der Waals surface area contributed by atoms with E-state index in [4.69, 9.17) is 10.5 Å². The second kappa shape index (κ2) is 6.99. The number of carboxylic acid groups (broad SMARTS) is 2. The second-order valence-electron chi connectivity index (χ2n) is 5.13. The van der Waals surface area contributed by atoms with Crippen molar-refractivity contribution in [1.82, 2.24) is 0 Å². The Balaban J connectivity index is 2.70. The molecule has 1 aliphatic heterocycles. The summed E-state index contributed by atoms with van der Waals surface area (Å²) in [6.45, 7) is 1.70. The zero-order valence-corrected chi connectivity index (χ0v) is 13.1. The third-order valence-corrected chi connectivity index (χ3v) is 3.65. The zero-order chi connectivity index (χ0) is 18.7. The van der Waals surface area contributed by atoms with Gasteiger partial charge in [-0.1, -0.05) is 12.1 Å². The number of carboxylic acids is 2. The molecule has 0 spiro atoms. The van der Waals surface area contributed by atoms with Crippen molar-refractivity contribution >= 4 is 23.5 Å². The lowest BCUT2D eigenvalue weighted by Crippen LogP contribution is -2.38. The number of carbonyl (C=O) groups is 2. The van der Waals surface area contributed by atoms with Gasteiger partial charge >= 0.3 is 11.9 Å². The van der Waals surface area contributed by atoms with E-state index >= 15 is 0 Å². The third-order valence-electron chi connectivity index (χ3n) is 3.65. The van der Waals surface area contributed by atoms with Gasteiger partial charge in [0.1, 0.15) is 11.7 Å². The van der Waals surface area contributed by atoms with Gasteiger partial charge in [0.15, 0.2) is 0 Å². The quantitative estimate of drug-likeness (QED) is 0.524. The molecule has 0 amide bonds. The summed E-state index contributed by atoms with van der Waals surface area (Å²) in [7, 11) is 0. The Labute approximate surface area is 141 Å². The van der Waals surface area contributed by atoms with Crippen molar-refractivity contribution in [3.8, 4) is 0 Å². The largest absolute Gasteiger partial charge is 0.481 e. The maximum Gasteiger partial charge on any atom is 0.335 e. The van der Waals surface area contributed by atoms with Crippen molar-refractivity contribution in [2.45, 2.75) is 12.8 Å². The molecule has 1 aromatic carbocycles. The van der Waals surface area contributed by atoms with E-state index in [1.165, 1.54) is 18.2 Å². The van der Waals surface area contributed by atoms with E-state index in [1.807, 2.05) is 0 Å². The number of nitro groups is 1. The minimum atomic E-state index is -1.47. The molecule has 1 heterocycles. The Bertz CT molecular complexity index is 800. The minimum Gasteiger partial charge on any atom is -0.481 e. The van der Waals surface area contributed by atoms with Crippen molar-refractivity contribution in [2.75, 3.05) is 6.61 Å². The lowest BCUT2D eigenvalue weighted by Gasteiger charge is -2.29. The molecule has 2 rings (SSSR count). The summed E-state index contributed by atoms with van der Waals surface area (Å²) in [4.78, 5) is 37.5. The molecule has 25 heavy (non-hydrogen) atoms. The van der Waals surface area contributed by atoms with E-state index in [-0.39, 0.29) is 23.8 Å². The fourth-order valence-corrected chi connectivity index (χ4v) is 2.67. The van der Waals surface area contributed by atoms with Gasteiger partial charge in [0.2, 0.25) is 5.90 Å². The molecule has 4 N–H and O–H groups in total. The minimum absolute atomic E-state index is 0.0972. The molecule has 2 unspecified atom stereocenters. The number of benzene rings is 1. The molecule has 0 radical (unpaired) electrons. The fourth-order valence-electron chi connectivity index (χ4n) is 2.67. The van der Waals surface area contributed by atoms with E-state index in [0.717, 1.165) is 6.07 Å². The SMILES string of the molecule is CCOC1=NC(N)=C(C(=O)O)C(c2cccc([N+](=O)[O-])c2)C1C(=O)O. The molecule has 2 atom stereocenters. The van der Waals surface area contributed by atoms with Crippen LogP contribution in [0.25, 0.3) is 0 Å². The Hall–Kier alpha value is -3.43. The van der Waals surface area contributed by atoms with E-state index < -0.39 is 40.1 Å². The molecule has 0 saturated heterocycles. The van der Waals surface area contributed by atoms with Crippen LogP contribution in [-0.4, -0.2) is 39.6 Å². The van der Waals surface area contributed by atoms with E-state index in [1.54, 1.807) is 6.92 Å². The van der Waals surface area contributed by atoms with Crippen LogP contribution in [-0.2, 0) is 14.3 Å². The molecule has 132 valence electrons. The van der Waals surface area contributed by atoms with Gasteiger partial charge in [-0.15, -0.1) is 0 Å². The van der Waals surface area contributed by atoms with Crippen LogP contribution in [0.3, 0.4) is 0 Å². The highest BCUT2D eigenvalue weighted by atomic mass is 16.6. The van der Waals surface area contributed by atoms with Gasteiger partial charge in [-0.25, -0.2) is 4.79 Å². The highest BCUT2D eigenvalue weighted by Crippen LogP contribution is 2.39. The van der Waals surface area contributed by atoms with Crippen molar-refractivity contribution in [1.29, 1.82) is 0 Å². The molecule has 0 bridgehead atoms. The van der Waals surface area contributed by atoms with Crippen LogP contribution in [0.4, 0.5) is 5.69 Å². The summed E-state index contributed by atoms with van der Waals surface area (Å²) < 4.78 is 5.21. The molecular formula is C15H15N3O7. The second-order valence-corrected chi connectivity index (χ2v) is 5.13. The average Bonchev–Trinajstić information content (AvgIpc) is 2.53. The molecule has 10 heteroatoms. The molecule has 0 aliphatic carbocycles. The van der Waals surface area contributed by atoms with Crippen LogP contribution >= 0.6 is 0 Å². The van der Waals surface area contributed by atoms with Gasteiger partial charge in [-0.3, -0.25) is 14.9 Å². The summed E-state index contributed by atoms with van der Waals surface area (Å²) in [6, 6.07) is 5.08. The van der Waals surface area contributed by atoms with E-state index in [0.29, 0.717) is 0 Å². The van der Waals surface area contributed by atoms with Crippen molar-refractivity contribution in [3.05, 3.63) is 51.3 Å². The molecule has 0 fully saturated rings. The number of nitro benzene ring substituents is 1. The van der Waals surface area contributed by atoms with Crippen molar-refractivity contribution in [2.24, 2.45) is 16.6 Å². The number of nitrogens with two attached hydrogens (primary N) is 1. The Morgan fingerprint density at radius 3 is 2.60 bits per heavy atom. The van der Waals surface area contributed by atoms with Gasteiger partial charge in [-0.2, -0.15) is 4.99 Å². The zero-order valence-electron chi connectivity index (χ0n) is 13.1. The summed E-state index contributed by atoms with van der Waals surface area (Å²) in [5.41, 5.74) is 5.06. The van der Waals surface area contributed by atoms with Gasteiger partial charge in [0.05, 0.1) is 17.1 Å². The van der Waals surface area contributed by atoms with E-state index in [9.17, 15) is 29.9 Å². The maximum absolute atomic E-state index is 11.8. The molecule has 10 nitrogen and oxygen atoms in total. The van der Waals surface area contributed by atoms with Gasteiger partial charge in [-0.05, 0) is 12.5 Å². The van der Waals surface area contributed by atoms with Crippen LogP contribution in [0.1, 0.15) is 18.4 Å². The van der Waals surface area contributed by atoms with Crippen molar-refractivity contribution in [3.63, 3.8) is 0 Å². The molecule has 1 aromatic rings. The van der Waals surface area contributed by atoms with Crippen LogP contribution < -0.4 is 5.73 Å². The Kier molecular flexibility index (Phi) is 5.01. The number of aliphatic carboxylic acids is 2. The first kappa shape index (κ1) is 17.9. The first-order valence-corrected chi connectivity index (χ1v) is 7.19. The topological polar surface area (TPSA) is 165 Å². The monoisotopic (exact) mass is 349 g/mol. The highest BCUT2D eigenvalue weighted by Gasteiger charge is 2.44. The van der Waals surface area contributed by atoms with Crippen molar-refractivity contribution < 1.29 is 29.5 Å². The van der Waals surface area contributed by atoms with Crippen LogP contribution in [0.15, 0.2) is 40.7 Å². The molecular weight excluding hydrogens is 334 g/mol. The smallest absolute Gasteiger partial charge is 0.335 e. The summed E-state index contributed by atoms with van der Waals surface area (Å²) in [6.07, 6.45) is 0. The number of hydrogen-bond donors (Lipinski definition) is 3. The predicted molar refractivity (Wildman–Crippen MR) is 84.9 cm³/mol. The fraction of sp³-hybridized carbons (Fsp3) is 0.267. The highest BCUT2D eigenvalue weighted by molar-refractivity contribution is 6.03. The number of rotatable bonds is 5. The molecule has 0 saturated carbocycles. The Morgan fingerprint density at radius 1 is 1.40 bits per heavy atom. The summed E-state index contributed by atoms with van der Waals surface area (Å²) in [5, 5.41) is 30.0. The number of non-ortho nitro benzene ring substituents is 1. The third kappa shape index (κ3) is 3.42. The lowest BCUT2D eigenvalue weighted by atomic mass is 9.78. The van der Waals surface area contributed by atoms with Crippen LogP contribution in [0.2, 0.25) is 0 Å². The molecule has 1 aliphatic rings. The van der Waals surface area contributed by atoms with Crippen LogP contribution in [0, 0.1) is 16.0 Å². The first-order valence-electron chi connectivity index (χ1n) is 7.19. The Morgan fingerprint density at radius 2 is 2.08 bits per heavy atom. The summed E-state index contributed by atoms with van der Waals surface area (Å²) >= 11 is 0. The number of nitrogens with zero attached hydrogens (tertiary/aromatic N) is 2. The van der Waals surface area contributed by atoms with Gasteiger partial charge < -0.3 is 20.7 Å². The first-order chi connectivity index (χ1) is 11.8. The van der Waals surface area contributed by atoms with Gasteiger partial charge in [0.25, 0.3) is 5.69 Å². The standard InChI is InChI=1S/C15H15N3O7/c1-2-25-13-11(15(21)22)9(10(14(19)20)12(16)17-13)7-4-3-5-8(6-7)18(23)24/h3-6,9,11H,2,16H2,1H3,(H,19,20)(H,21,22). The summed E-state index contributed by atoms with van der Waals surface area (Å²) in [5.74, 6) is -6.23. The number of hydrogen-bond acceptors (Lipinski definition) is 7. The van der Waals surface area contributed by atoms with Gasteiger partial charge in [0, 0.05) is 18.1 Å². The lowest BCUT2D eigenvalue weighted by molar-refractivity contribution is -0.384. The van der Waals surface area contributed by atoms with Crippen LogP contribution in [0.5, 0.6) is 0 Å². The molecule has 0 aromatic heterocycles. The number of aliphatic imine (C=N–C) groups is 1. The normalized spacial score (nSPS) is 20.0. The van der Waals surface area contributed by atoms with E-state index in [2.05, 4.69) is 4.99 Å². The average molecular weight is 349 g/mol. The predicted octanol–water partition coefficient (Wildman–Crippen LogP) is 1.08. The number of ether oxygens (including phenoxy) is 1. The maximum atomic E-state index is 11.8.